The lowest BCUT2D eigenvalue weighted by molar-refractivity contribution is 0.0203. The van der Waals surface area contributed by atoms with Crippen LogP contribution in [0.25, 0.3) is 0 Å². The molecule has 1 fully saturated rings. The summed E-state index contributed by atoms with van der Waals surface area (Å²) in [5.74, 6) is 1.35. The Bertz CT molecular complexity index is 542. The Kier molecular flexibility index (Phi) is 13.7. The molecule has 0 aliphatic carbocycles. The zero-order valence-corrected chi connectivity index (χ0v) is 19.7. The Morgan fingerprint density at radius 3 is 2.85 bits per heavy atom. The summed E-state index contributed by atoms with van der Waals surface area (Å²) in [5.41, 5.74) is 0. The predicted octanol–water partition coefficient (Wildman–Crippen LogP) is 3.44. The molecule has 156 valence electrons. The van der Waals surface area contributed by atoms with Crippen molar-refractivity contribution in [3.63, 3.8) is 0 Å². The molecule has 0 bridgehead atoms. The highest BCUT2D eigenvalue weighted by atomic mass is 127. The van der Waals surface area contributed by atoms with Gasteiger partial charge in [0.05, 0.1) is 10.9 Å². The first kappa shape index (κ1) is 24.9. The Labute approximate surface area is 188 Å². The number of nitrogens with zero attached hydrogens (tertiary/aromatic N) is 1. The minimum atomic E-state index is -0.634. The Morgan fingerprint density at radius 2 is 2.19 bits per heavy atom. The standard InChI is InChI=1S/C18H30ClN3O3S.HI/c1-2-20-18(22-12-15(23)16-4-5-17(19)26-16)21-8-3-9-25-13-14-6-10-24-11-7-14;/h4-5,14-15,23H,2-3,6-13H2,1H3,(H2,20,21,22);1H. The molecule has 1 atom stereocenters. The first-order chi connectivity index (χ1) is 12.7. The van der Waals surface area contributed by atoms with Crippen molar-refractivity contribution in [3.05, 3.63) is 21.3 Å². The summed E-state index contributed by atoms with van der Waals surface area (Å²) in [6.45, 7) is 7.15. The molecule has 0 spiro atoms. The number of thiophene rings is 1. The van der Waals surface area contributed by atoms with Crippen molar-refractivity contribution >= 4 is 52.9 Å². The number of hydrogen-bond acceptors (Lipinski definition) is 5. The first-order valence-corrected chi connectivity index (χ1v) is 10.5. The highest BCUT2D eigenvalue weighted by molar-refractivity contribution is 14.0. The van der Waals surface area contributed by atoms with Gasteiger partial charge < -0.3 is 25.2 Å². The van der Waals surface area contributed by atoms with Gasteiger partial charge in [0.25, 0.3) is 0 Å². The van der Waals surface area contributed by atoms with Crippen molar-refractivity contribution in [1.82, 2.24) is 10.6 Å². The molecule has 27 heavy (non-hydrogen) atoms. The summed E-state index contributed by atoms with van der Waals surface area (Å²) in [6, 6.07) is 3.63. The lowest BCUT2D eigenvalue weighted by Gasteiger charge is -2.21. The smallest absolute Gasteiger partial charge is 0.191 e. The second-order valence-electron chi connectivity index (χ2n) is 6.29. The minimum absolute atomic E-state index is 0. The van der Waals surface area contributed by atoms with Crippen molar-refractivity contribution in [1.29, 1.82) is 0 Å². The summed E-state index contributed by atoms with van der Waals surface area (Å²) < 4.78 is 11.8. The van der Waals surface area contributed by atoms with Gasteiger partial charge in [0, 0.05) is 44.4 Å². The number of ether oxygens (including phenoxy) is 2. The van der Waals surface area contributed by atoms with Gasteiger partial charge in [0.1, 0.15) is 6.10 Å². The number of nitrogens with one attached hydrogen (secondary N) is 2. The van der Waals surface area contributed by atoms with Crippen LogP contribution in [0.1, 0.15) is 37.2 Å². The molecule has 0 saturated carbocycles. The summed E-state index contributed by atoms with van der Waals surface area (Å²) in [4.78, 5) is 5.27. The molecule has 1 saturated heterocycles. The highest BCUT2D eigenvalue weighted by Crippen LogP contribution is 2.26. The molecule has 1 aliphatic rings. The minimum Gasteiger partial charge on any atom is -0.386 e. The molecule has 2 rings (SSSR count). The molecule has 6 nitrogen and oxygen atoms in total. The van der Waals surface area contributed by atoms with Crippen LogP contribution in [0.15, 0.2) is 17.1 Å². The molecule has 1 aliphatic heterocycles. The molecule has 3 N–H and O–H groups in total. The van der Waals surface area contributed by atoms with Crippen molar-refractivity contribution in [3.8, 4) is 0 Å². The second kappa shape index (κ2) is 14.8. The van der Waals surface area contributed by atoms with E-state index in [0.29, 0.717) is 22.8 Å². The summed E-state index contributed by atoms with van der Waals surface area (Å²) in [7, 11) is 0. The maximum atomic E-state index is 10.2. The molecule has 1 aromatic rings. The van der Waals surface area contributed by atoms with Crippen molar-refractivity contribution in [2.45, 2.75) is 32.3 Å². The van der Waals surface area contributed by atoms with Gasteiger partial charge in [-0.15, -0.1) is 35.3 Å². The van der Waals surface area contributed by atoms with Crippen LogP contribution < -0.4 is 10.6 Å². The van der Waals surface area contributed by atoms with Gasteiger partial charge in [-0.25, -0.2) is 0 Å². The van der Waals surface area contributed by atoms with E-state index in [1.807, 2.05) is 13.0 Å². The van der Waals surface area contributed by atoms with Crippen LogP contribution in [0.5, 0.6) is 0 Å². The van der Waals surface area contributed by atoms with E-state index in [9.17, 15) is 5.11 Å². The van der Waals surface area contributed by atoms with Gasteiger partial charge >= 0.3 is 0 Å². The Balaban J connectivity index is 0.00000364. The number of guanidine groups is 1. The zero-order valence-electron chi connectivity index (χ0n) is 15.8. The van der Waals surface area contributed by atoms with Gasteiger partial charge in [0.15, 0.2) is 5.96 Å². The van der Waals surface area contributed by atoms with Crippen molar-refractivity contribution in [2.24, 2.45) is 10.9 Å². The Morgan fingerprint density at radius 1 is 1.41 bits per heavy atom. The number of halogens is 2. The van der Waals surface area contributed by atoms with Crippen molar-refractivity contribution < 1.29 is 14.6 Å². The van der Waals surface area contributed by atoms with Gasteiger partial charge in [-0.2, -0.15) is 0 Å². The van der Waals surface area contributed by atoms with Crippen LogP contribution in [0.2, 0.25) is 4.34 Å². The quantitative estimate of drug-likeness (QED) is 0.187. The Hall–Kier alpha value is -0.130. The first-order valence-electron chi connectivity index (χ1n) is 9.30. The maximum Gasteiger partial charge on any atom is 0.191 e. The van der Waals surface area contributed by atoms with Crippen LogP contribution >= 0.6 is 46.9 Å². The lowest BCUT2D eigenvalue weighted by Crippen LogP contribution is -2.38. The summed E-state index contributed by atoms with van der Waals surface area (Å²) in [6.07, 6.45) is 2.49. The SMILES string of the molecule is CCNC(=NCC(O)c1ccc(Cl)s1)NCCCOCC1CCOCC1.I. The fourth-order valence-electron chi connectivity index (χ4n) is 2.66. The maximum absolute atomic E-state index is 10.2. The fraction of sp³-hybridized carbons (Fsp3) is 0.722. The fourth-order valence-corrected chi connectivity index (χ4v) is 3.70. The average molecular weight is 532 g/mol. The van der Waals surface area contributed by atoms with Crippen LogP contribution in [-0.4, -0.2) is 57.1 Å². The highest BCUT2D eigenvalue weighted by Gasteiger charge is 2.13. The van der Waals surface area contributed by atoms with E-state index in [1.54, 1.807) is 6.07 Å². The number of aliphatic hydroxyl groups excluding tert-OH is 1. The second-order valence-corrected chi connectivity index (χ2v) is 8.03. The molecule has 0 amide bonds. The lowest BCUT2D eigenvalue weighted by atomic mass is 10.0. The van der Waals surface area contributed by atoms with Gasteiger partial charge in [-0.05, 0) is 44.2 Å². The topological polar surface area (TPSA) is 75.1 Å². The van der Waals surface area contributed by atoms with Crippen molar-refractivity contribution in [2.75, 3.05) is 46.1 Å². The predicted molar refractivity (Wildman–Crippen MR) is 123 cm³/mol. The molecule has 0 aromatic carbocycles. The number of aliphatic imine (C=N–C) groups is 1. The van der Waals surface area contributed by atoms with Crippen LogP contribution in [0.3, 0.4) is 0 Å². The van der Waals surface area contributed by atoms with Crippen LogP contribution in [-0.2, 0) is 9.47 Å². The molecule has 2 heterocycles. The van der Waals surface area contributed by atoms with E-state index in [0.717, 1.165) is 63.7 Å². The van der Waals surface area contributed by atoms with E-state index in [1.165, 1.54) is 11.3 Å². The molecule has 1 aromatic heterocycles. The van der Waals surface area contributed by atoms with E-state index in [-0.39, 0.29) is 24.0 Å². The summed E-state index contributed by atoms with van der Waals surface area (Å²) >= 11 is 7.29. The normalized spacial score (nSPS) is 16.6. The monoisotopic (exact) mass is 531 g/mol. The van der Waals surface area contributed by atoms with Crippen LogP contribution in [0, 0.1) is 5.92 Å². The van der Waals surface area contributed by atoms with E-state index < -0.39 is 6.10 Å². The summed E-state index contributed by atoms with van der Waals surface area (Å²) in [5, 5.41) is 16.6. The molecule has 0 radical (unpaired) electrons. The third-order valence-electron chi connectivity index (χ3n) is 4.14. The average Bonchev–Trinajstić information content (AvgIpc) is 3.09. The van der Waals surface area contributed by atoms with Gasteiger partial charge in [-0.3, -0.25) is 4.99 Å². The number of aliphatic hydroxyl groups is 1. The largest absolute Gasteiger partial charge is 0.386 e. The van der Waals surface area contributed by atoms with E-state index >= 15 is 0 Å². The third kappa shape index (κ3) is 10.3. The number of hydrogen-bond donors (Lipinski definition) is 3. The zero-order chi connectivity index (χ0) is 18.6. The molecular weight excluding hydrogens is 501 g/mol. The van der Waals surface area contributed by atoms with Gasteiger partial charge in [-0.1, -0.05) is 11.6 Å². The molecular formula is C18H31ClIN3O3S. The molecule has 9 heteroatoms. The van der Waals surface area contributed by atoms with E-state index in [2.05, 4.69) is 15.6 Å². The third-order valence-corrected chi connectivity index (χ3v) is 5.47. The number of rotatable bonds is 10. The van der Waals surface area contributed by atoms with E-state index in [4.69, 9.17) is 21.1 Å². The van der Waals surface area contributed by atoms with Crippen LogP contribution in [0.4, 0.5) is 0 Å². The van der Waals surface area contributed by atoms with Gasteiger partial charge in [0.2, 0.25) is 0 Å². The molecule has 1 unspecified atom stereocenters.